The summed E-state index contributed by atoms with van der Waals surface area (Å²) >= 11 is 18.4. The van der Waals surface area contributed by atoms with E-state index in [1.54, 1.807) is 24.1 Å². The molecule has 0 unspecified atom stereocenters. The normalized spacial score (nSPS) is 11.8. The van der Waals surface area contributed by atoms with E-state index in [1.807, 2.05) is 12.1 Å². The molecule has 0 bridgehead atoms. The Morgan fingerprint density at radius 1 is 0.923 bits per heavy atom. The number of rotatable bonds is 2. The molecule has 0 radical (unpaired) electrons. The lowest BCUT2D eigenvalue weighted by Crippen LogP contribution is -2.32. The molecule has 4 rings (SSSR count). The summed E-state index contributed by atoms with van der Waals surface area (Å²) in [5.74, 6) is 0.178. The summed E-state index contributed by atoms with van der Waals surface area (Å²) in [6.07, 6.45) is 4.21. The first-order valence-electron chi connectivity index (χ1n) is 7.94. The van der Waals surface area contributed by atoms with Crippen molar-refractivity contribution >= 4 is 75.1 Å². The van der Waals surface area contributed by atoms with Crippen molar-refractivity contribution in [3.8, 4) is 0 Å². The van der Waals surface area contributed by atoms with Gasteiger partial charge in [0, 0.05) is 18.1 Å². The quantitative estimate of drug-likeness (QED) is 0.221. The highest BCUT2D eigenvalue weighted by molar-refractivity contribution is 6.49. The molecule has 1 aliphatic carbocycles. The summed E-state index contributed by atoms with van der Waals surface area (Å²) in [6, 6.07) is 13.6. The van der Waals surface area contributed by atoms with Gasteiger partial charge in [0.2, 0.25) is 0 Å². The number of nitrogens with zero attached hydrogens (tertiary/aromatic N) is 1. The van der Waals surface area contributed by atoms with Gasteiger partial charge in [0.25, 0.3) is 0 Å². The van der Waals surface area contributed by atoms with Crippen LogP contribution in [0.2, 0.25) is 15.1 Å². The molecule has 0 atom stereocenters. The highest BCUT2D eigenvalue weighted by Gasteiger charge is 2.17. The number of guanidine groups is 1. The third kappa shape index (κ3) is 2.73. The molecule has 0 saturated carbocycles. The predicted molar refractivity (Wildman–Crippen MR) is 114 cm³/mol. The third-order valence-electron chi connectivity index (χ3n) is 4.51. The van der Waals surface area contributed by atoms with Crippen LogP contribution in [0, 0.1) is 5.41 Å². The fraction of sp³-hybridized carbons (Fsp3) is 0.0500. The maximum atomic E-state index is 8.45. The third-order valence-corrected chi connectivity index (χ3v) is 5.80. The van der Waals surface area contributed by atoms with E-state index in [-0.39, 0.29) is 11.0 Å². The van der Waals surface area contributed by atoms with Crippen LogP contribution in [-0.4, -0.2) is 13.0 Å². The summed E-state index contributed by atoms with van der Waals surface area (Å²) in [4.78, 5) is 1.63. The van der Waals surface area contributed by atoms with Gasteiger partial charge in [0.15, 0.2) is 5.96 Å². The molecule has 26 heavy (non-hydrogen) atoms. The van der Waals surface area contributed by atoms with E-state index in [4.69, 9.17) is 40.2 Å². The molecule has 130 valence electrons. The smallest absolute Gasteiger partial charge is 0.199 e. The fourth-order valence-electron chi connectivity index (χ4n) is 3.14. The Balaban J connectivity index is 1.68. The van der Waals surface area contributed by atoms with Gasteiger partial charge in [0.1, 0.15) is 0 Å². The number of halogens is 3. The van der Waals surface area contributed by atoms with E-state index in [1.165, 1.54) is 16.5 Å². The minimum absolute atomic E-state index is 0.178. The Labute approximate surface area is 166 Å². The minimum atomic E-state index is 0.178. The molecule has 3 nitrogen and oxygen atoms in total. The summed E-state index contributed by atoms with van der Waals surface area (Å²) in [7, 11) is 1.75. The van der Waals surface area contributed by atoms with E-state index < -0.39 is 0 Å². The summed E-state index contributed by atoms with van der Waals surface area (Å²) in [5, 5.41) is 14.9. The number of hydrogen-bond acceptors (Lipinski definition) is 1. The Morgan fingerprint density at radius 2 is 1.65 bits per heavy atom. The molecule has 3 aromatic carbocycles. The van der Waals surface area contributed by atoms with Crippen LogP contribution in [0.5, 0.6) is 0 Å². The van der Waals surface area contributed by atoms with E-state index in [9.17, 15) is 0 Å². The Kier molecular flexibility index (Phi) is 4.31. The predicted octanol–water partition coefficient (Wildman–Crippen LogP) is 6.77. The maximum absolute atomic E-state index is 8.45. The number of benzene rings is 3. The first-order chi connectivity index (χ1) is 12.5. The van der Waals surface area contributed by atoms with Crippen molar-refractivity contribution in [2.24, 2.45) is 0 Å². The average Bonchev–Trinajstić information content (AvgIpc) is 3.06. The summed E-state index contributed by atoms with van der Waals surface area (Å²) in [5.41, 5.74) is 3.84. The van der Waals surface area contributed by atoms with E-state index in [0.29, 0.717) is 15.7 Å². The van der Waals surface area contributed by atoms with Crippen LogP contribution < -0.4 is 10.2 Å². The van der Waals surface area contributed by atoms with E-state index in [0.717, 1.165) is 11.1 Å². The first kappa shape index (κ1) is 17.2. The lowest BCUT2D eigenvalue weighted by molar-refractivity contribution is 1.21. The van der Waals surface area contributed by atoms with Gasteiger partial charge in [-0.1, -0.05) is 71.2 Å². The Morgan fingerprint density at radius 3 is 2.42 bits per heavy atom. The molecular weight excluding hydrogens is 389 g/mol. The van der Waals surface area contributed by atoms with Gasteiger partial charge in [-0.05, 0) is 34.7 Å². The largest absolute Gasteiger partial charge is 0.326 e. The number of anilines is 2. The highest BCUT2D eigenvalue weighted by atomic mass is 35.5. The maximum Gasteiger partial charge on any atom is 0.199 e. The second-order valence-corrected chi connectivity index (χ2v) is 7.20. The zero-order chi connectivity index (χ0) is 18.4. The fourth-order valence-corrected chi connectivity index (χ4v) is 3.79. The lowest BCUT2D eigenvalue weighted by atomic mass is 10.0. The van der Waals surface area contributed by atoms with Crippen LogP contribution in [0.25, 0.3) is 22.9 Å². The molecule has 6 heteroatoms. The first-order valence-corrected chi connectivity index (χ1v) is 9.07. The van der Waals surface area contributed by atoms with Crippen molar-refractivity contribution in [1.29, 1.82) is 5.41 Å². The SMILES string of the molecule is CN(C(=N)Nc1ccc2c3c(cccc13)C=C2)c1ccc(Cl)c(Cl)c1Cl. The molecular formula is C20H14Cl3N3. The van der Waals surface area contributed by atoms with Crippen LogP contribution in [0.3, 0.4) is 0 Å². The van der Waals surface area contributed by atoms with Crippen molar-refractivity contribution in [1.82, 2.24) is 0 Å². The monoisotopic (exact) mass is 401 g/mol. The van der Waals surface area contributed by atoms with Crippen molar-refractivity contribution in [2.45, 2.75) is 0 Å². The molecule has 0 spiro atoms. The second kappa shape index (κ2) is 6.51. The second-order valence-electron chi connectivity index (χ2n) is 6.03. The molecule has 3 aromatic rings. The van der Waals surface area contributed by atoms with Gasteiger partial charge < -0.3 is 10.2 Å². The molecule has 2 N–H and O–H groups in total. The average molecular weight is 403 g/mol. The van der Waals surface area contributed by atoms with Crippen molar-refractivity contribution < 1.29 is 0 Å². The van der Waals surface area contributed by atoms with Crippen LogP contribution in [-0.2, 0) is 0 Å². The van der Waals surface area contributed by atoms with Gasteiger partial charge in [-0.15, -0.1) is 0 Å². The zero-order valence-corrected chi connectivity index (χ0v) is 16.0. The molecule has 0 aliphatic heterocycles. The van der Waals surface area contributed by atoms with Gasteiger partial charge in [-0.3, -0.25) is 5.41 Å². The lowest BCUT2D eigenvalue weighted by Gasteiger charge is -2.23. The van der Waals surface area contributed by atoms with Crippen molar-refractivity contribution in [3.63, 3.8) is 0 Å². The number of hydrogen-bond donors (Lipinski definition) is 2. The van der Waals surface area contributed by atoms with Gasteiger partial charge in [-0.25, -0.2) is 0 Å². The summed E-state index contributed by atoms with van der Waals surface area (Å²) in [6.45, 7) is 0. The zero-order valence-electron chi connectivity index (χ0n) is 13.8. The molecule has 0 fully saturated rings. The molecule has 0 aromatic heterocycles. The minimum Gasteiger partial charge on any atom is -0.326 e. The van der Waals surface area contributed by atoms with E-state index >= 15 is 0 Å². The number of nitrogens with one attached hydrogen (secondary N) is 2. The standard InChI is InChI=1S/C20H14Cl3N3/c1-26(16-10-8-14(21)18(22)19(16)23)20(24)25-15-9-7-12-6-5-11-3-2-4-13(15)17(11)12/h2-10H,1H3,(H2,24,25). The van der Waals surface area contributed by atoms with Crippen LogP contribution in [0.1, 0.15) is 11.1 Å². The molecule has 0 saturated heterocycles. The van der Waals surface area contributed by atoms with Crippen molar-refractivity contribution in [2.75, 3.05) is 17.3 Å². The topological polar surface area (TPSA) is 39.1 Å². The molecule has 1 aliphatic rings. The van der Waals surface area contributed by atoms with E-state index in [2.05, 4.69) is 35.7 Å². The Bertz CT molecular complexity index is 1080. The van der Waals surface area contributed by atoms with Gasteiger partial charge in [-0.2, -0.15) is 0 Å². The van der Waals surface area contributed by atoms with Crippen LogP contribution in [0.4, 0.5) is 11.4 Å². The van der Waals surface area contributed by atoms with Crippen LogP contribution >= 0.6 is 34.8 Å². The van der Waals surface area contributed by atoms with Gasteiger partial charge in [0.05, 0.1) is 20.8 Å². The molecule has 0 heterocycles. The Hall–Kier alpha value is -2.20. The van der Waals surface area contributed by atoms with Crippen molar-refractivity contribution in [3.05, 3.63) is 68.7 Å². The summed E-state index contributed by atoms with van der Waals surface area (Å²) < 4.78 is 0. The van der Waals surface area contributed by atoms with Gasteiger partial charge >= 0.3 is 0 Å². The highest BCUT2D eigenvalue weighted by Crippen LogP contribution is 2.38. The molecule has 0 amide bonds. The van der Waals surface area contributed by atoms with Crippen LogP contribution in [0.15, 0.2) is 42.5 Å².